The van der Waals surface area contributed by atoms with Gasteiger partial charge in [0.05, 0.1) is 13.7 Å². The number of hydrogen-bond acceptors (Lipinski definition) is 10. The summed E-state index contributed by atoms with van der Waals surface area (Å²) >= 11 is 5.81. The summed E-state index contributed by atoms with van der Waals surface area (Å²) in [6.45, 7) is -0.495. The fraction of sp³-hybridized carbons (Fsp3) is 0.200. The summed E-state index contributed by atoms with van der Waals surface area (Å²) in [5.74, 6) is -0.711. The predicted molar refractivity (Wildman–Crippen MR) is 144 cm³/mol. The molecule has 2 aromatic carbocycles. The molecule has 0 saturated heterocycles. The highest BCUT2D eigenvalue weighted by atomic mass is 35.5. The molecule has 4 aromatic rings. The van der Waals surface area contributed by atoms with Gasteiger partial charge in [0.25, 0.3) is 5.95 Å². The number of nitrogens with two attached hydrogens (primary N) is 1. The Labute approximate surface area is 237 Å². The molecular formula is C25H24ClFN8O6. The number of benzene rings is 2. The average Bonchev–Trinajstić information content (AvgIpc) is 3.39. The number of aliphatic hydroxyl groups is 1. The van der Waals surface area contributed by atoms with E-state index in [1.165, 1.54) is 48.5 Å². The van der Waals surface area contributed by atoms with Gasteiger partial charge in [-0.2, -0.15) is 9.98 Å². The maximum atomic E-state index is 15.9. The van der Waals surface area contributed by atoms with Crippen LogP contribution in [0.15, 0.2) is 59.9 Å². The number of halogens is 2. The van der Waals surface area contributed by atoms with E-state index in [1.54, 1.807) is 18.2 Å². The zero-order valence-corrected chi connectivity index (χ0v) is 22.2. The third-order valence-corrected chi connectivity index (χ3v) is 5.53. The van der Waals surface area contributed by atoms with Crippen molar-refractivity contribution in [3.05, 3.63) is 77.6 Å². The smallest absolute Gasteiger partial charge is 0.433 e. The highest BCUT2D eigenvalue weighted by Crippen LogP contribution is 2.36. The van der Waals surface area contributed by atoms with Crippen LogP contribution in [0.25, 0.3) is 5.95 Å². The molecule has 0 radical (unpaired) electrons. The molecule has 2 heterocycles. The highest BCUT2D eigenvalue weighted by molar-refractivity contribution is 6.17. The van der Waals surface area contributed by atoms with Crippen LogP contribution in [-0.4, -0.2) is 73.3 Å². The molecule has 0 aliphatic carbocycles. The van der Waals surface area contributed by atoms with Gasteiger partial charge in [-0.1, -0.05) is 11.6 Å². The minimum absolute atomic E-state index is 0.0249. The molecule has 0 aliphatic rings. The van der Waals surface area contributed by atoms with Crippen LogP contribution in [0.4, 0.5) is 14.9 Å². The van der Waals surface area contributed by atoms with Gasteiger partial charge in [-0.05, 0) is 36.4 Å². The minimum Gasteiger partial charge on any atom is -0.497 e. The van der Waals surface area contributed by atoms with Gasteiger partial charge in [-0.15, -0.1) is 9.78 Å². The number of rotatable bonds is 12. The Balaban J connectivity index is 1.84. The van der Waals surface area contributed by atoms with E-state index in [4.69, 9.17) is 36.7 Å². The summed E-state index contributed by atoms with van der Waals surface area (Å²) in [6.07, 6.45) is 1.56. The van der Waals surface area contributed by atoms with Crippen LogP contribution in [0, 0.1) is 5.82 Å². The Morgan fingerprint density at radius 3 is 2.59 bits per heavy atom. The molecule has 1 unspecified atom stereocenters. The Bertz CT molecular complexity index is 1520. The number of nitrogens with zero attached hydrogens (tertiary/aromatic N) is 6. The molecule has 0 spiro atoms. The number of aliphatic imine (C=N–C) groups is 1. The van der Waals surface area contributed by atoms with Crippen LogP contribution >= 0.6 is 11.6 Å². The number of alkyl halides is 1. The highest BCUT2D eigenvalue weighted by Gasteiger charge is 2.28. The maximum absolute atomic E-state index is 15.9. The summed E-state index contributed by atoms with van der Waals surface area (Å²) in [4.78, 5) is 26.9. The molecule has 41 heavy (non-hydrogen) atoms. The second-order valence-electron chi connectivity index (χ2n) is 8.00. The number of carboxylic acid groups (broad SMARTS) is 1. The van der Waals surface area contributed by atoms with Crippen molar-refractivity contribution >= 4 is 29.2 Å². The lowest BCUT2D eigenvalue weighted by Crippen LogP contribution is -2.18. The lowest BCUT2D eigenvalue weighted by Gasteiger charge is -2.21. The summed E-state index contributed by atoms with van der Waals surface area (Å²) in [5.41, 5.74) is 6.56. The van der Waals surface area contributed by atoms with E-state index < -0.39 is 18.0 Å². The molecule has 1 amide bonds. The first kappa shape index (κ1) is 29.0. The first-order chi connectivity index (χ1) is 19.8. The SMILES string of the molecule is COc1cc(OCCO)c(F)c(C(Nc2ccc(C(N)=NC(=O)O)cc2)c2nc(OCCl)n(-c3ncccn3)n2)c1. The summed E-state index contributed by atoms with van der Waals surface area (Å²) in [7, 11) is 1.41. The molecule has 14 nitrogen and oxygen atoms in total. The van der Waals surface area contributed by atoms with Crippen LogP contribution in [0.5, 0.6) is 17.5 Å². The molecule has 16 heteroatoms. The average molecular weight is 587 g/mol. The summed E-state index contributed by atoms with van der Waals surface area (Å²) in [5, 5.41) is 25.7. The number of nitrogens with one attached hydrogen (secondary N) is 1. The molecular weight excluding hydrogens is 563 g/mol. The Morgan fingerprint density at radius 1 is 1.22 bits per heavy atom. The van der Waals surface area contributed by atoms with Gasteiger partial charge in [0.1, 0.15) is 24.2 Å². The molecule has 1 atom stereocenters. The molecule has 0 aliphatic heterocycles. The molecule has 0 saturated carbocycles. The second-order valence-corrected chi connectivity index (χ2v) is 8.22. The van der Waals surface area contributed by atoms with Crippen LogP contribution in [0.3, 0.4) is 0 Å². The van der Waals surface area contributed by atoms with Crippen molar-refractivity contribution < 1.29 is 33.6 Å². The van der Waals surface area contributed by atoms with E-state index in [1.807, 2.05) is 0 Å². The third kappa shape index (κ3) is 6.95. The monoisotopic (exact) mass is 586 g/mol. The molecule has 0 bridgehead atoms. The molecule has 0 fully saturated rings. The van der Waals surface area contributed by atoms with Gasteiger partial charge >= 0.3 is 12.1 Å². The van der Waals surface area contributed by atoms with E-state index in [-0.39, 0.29) is 60.0 Å². The van der Waals surface area contributed by atoms with Crippen molar-refractivity contribution in [3.8, 4) is 23.5 Å². The molecule has 2 aromatic heterocycles. The molecule has 4 rings (SSSR count). The quantitative estimate of drug-likeness (QED) is 0.108. The van der Waals surface area contributed by atoms with Crippen LogP contribution < -0.4 is 25.3 Å². The first-order valence-corrected chi connectivity index (χ1v) is 12.4. The van der Waals surface area contributed by atoms with Crippen molar-refractivity contribution in [1.29, 1.82) is 0 Å². The number of carbonyl (C=O) groups is 1. The maximum Gasteiger partial charge on any atom is 0.433 e. The number of amides is 1. The lowest BCUT2D eigenvalue weighted by molar-refractivity contribution is 0.195. The number of anilines is 1. The van der Waals surface area contributed by atoms with E-state index in [0.717, 1.165) is 0 Å². The van der Waals surface area contributed by atoms with Crippen molar-refractivity contribution in [2.45, 2.75) is 6.04 Å². The normalized spacial score (nSPS) is 12.0. The van der Waals surface area contributed by atoms with Crippen molar-refractivity contribution in [3.63, 3.8) is 0 Å². The van der Waals surface area contributed by atoms with E-state index in [2.05, 4.69) is 30.4 Å². The van der Waals surface area contributed by atoms with Gasteiger partial charge in [-0.3, -0.25) is 0 Å². The fourth-order valence-electron chi connectivity index (χ4n) is 3.64. The van der Waals surface area contributed by atoms with Crippen LogP contribution in [0.1, 0.15) is 23.0 Å². The zero-order valence-electron chi connectivity index (χ0n) is 21.4. The number of aliphatic hydroxyl groups excluding tert-OH is 1. The van der Waals surface area contributed by atoms with Gasteiger partial charge in [-0.25, -0.2) is 19.2 Å². The van der Waals surface area contributed by atoms with E-state index in [0.29, 0.717) is 11.3 Å². The van der Waals surface area contributed by atoms with Gasteiger partial charge in [0.15, 0.2) is 23.5 Å². The lowest BCUT2D eigenvalue weighted by atomic mass is 10.0. The Hall–Kier alpha value is -5.02. The number of hydrogen-bond donors (Lipinski definition) is 4. The first-order valence-electron chi connectivity index (χ1n) is 11.8. The van der Waals surface area contributed by atoms with E-state index in [9.17, 15) is 9.90 Å². The standard InChI is InChI=1S/C25H24ClFN8O6/c1-39-16-11-17(19(27)18(12-16)40-10-9-36)20(31-15-5-3-14(4-6-15)21(28)32-25(37)38)22-33-24(41-13-26)35(34-22)23-29-7-2-8-30-23/h2-8,11-12,20,31,36H,9-10,13H2,1H3,(H2,28,32)(H,37,38). The van der Waals surface area contributed by atoms with Gasteiger partial charge < -0.3 is 35.5 Å². The van der Waals surface area contributed by atoms with Crippen molar-refractivity contribution in [2.75, 3.05) is 31.7 Å². The number of methoxy groups -OCH3 is 1. The number of ether oxygens (including phenoxy) is 3. The second kappa shape index (κ2) is 13.4. The summed E-state index contributed by atoms with van der Waals surface area (Å²) < 4.78 is 33.3. The van der Waals surface area contributed by atoms with Crippen molar-refractivity contribution in [1.82, 2.24) is 24.7 Å². The minimum atomic E-state index is -1.43. The Kier molecular flexibility index (Phi) is 9.44. The fourth-order valence-corrected chi connectivity index (χ4v) is 3.74. The third-order valence-electron chi connectivity index (χ3n) is 5.42. The van der Waals surface area contributed by atoms with Crippen LogP contribution in [0.2, 0.25) is 0 Å². The number of amidine groups is 1. The number of aromatic nitrogens is 5. The van der Waals surface area contributed by atoms with Gasteiger partial charge in [0.2, 0.25) is 0 Å². The zero-order chi connectivity index (χ0) is 29.4. The molecule has 5 N–H and O–H groups in total. The summed E-state index contributed by atoms with van der Waals surface area (Å²) in [6, 6.07) is 9.23. The van der Waals surface area contributed by atoms with Gasteiger partial charge in [0, 0.05) is 35.3 Å². The largest absolute Gasteiger partial charge is 0.497 e. The topological polar surface area (TPSA) is 192 Å². The predicted octanol–water partition coefficient (Wildman–Crippen LogP) is 2.74. The molecule has 214 valence electrons. The van der Waals surface area contributed by atoms with Crippen LogP contribution in [-0.2, 0) is 0 Å². The Morgan fingerprint density at radius 2 is 1.95 bits per heavy atom. The van der Waals surface area contributed by atoms with E-state index >= 15 is 4.39 Å². The van der Waals surface area contributed by atoms with Crippen molar-refractivity contribution in [2.24, 2.45) is 10.7 Å².